The Labute approximate surface area is 121 Å². The van der Waals surface area contributed by atoms with Crippen molar-refractivity contribution in [3.05, 3.63) is 16.2 Å². The summed E-state index contributed by atoms with van der Waals surface area (Å²) in [5, 5.41) is 13.7. The fourth-order valence-electron chi connectivity index (χ4n) is 2.15. The molecule has 2 N–H and O–H groups in total. The van der Waals surface area contributed by atoms with Crippen molar-refractivity contribution in [2.75, 3.05) is 12.4 Å². The third-order valence-corrected chi connectivity index (χ3v) is 6.37. The molecule has 1 fully saturated rings. The molecule has 20 heavy (non-hydrogen) atoms. The van der Waals surface area contributed by atoms with E-state index in [2.05, 4.69) is 17.0 Å². The summed E-state index contributed by atoms with van der Waals surface area (Å²) >= 11 is 0.876. The SMILES string of the molecule is CCCC1CC1NS(=O)(=O)c1cc([N+](=O)[O-])c(NC)s1. The summed E-state index contributed by atoms with van der Waals surface area (Å²) in [5.41, 5.74) is -0.209. The van der Waals surface area contributed by atoms with Crippen molar-refractivity contribution in [2.24, 2.45) is 5.92 Å². The van der Waals surface area contributed by atoms with Gasteiger partial charge in [-0.2, -0.15) is 0 Å². The Morgan fingerprint density at radius 2 is 2.25 bits per heavy atom. The van der Waals surface area contributed by atoms with Crippen LogP contribution < -0.4 is 10.0 Å². The first-order chi connectivity index (χ1) is 9.39. The number of nitrogens with one attached hydrogen (secondary N) is 2. The second-order valence-electron chi connectivity index (χ2n) is 4.80. The highest BCUT2D eigenvalue weighted by molar-refractivity contribution is 7.91. The zero-order valence-electron chi connectivity index (χ0n) is 11.3. The van der Waals surface area contributed by atoms with E-state index in [4.69, 9.17) is 0 Å². The maximum atomic E-state index is 12.2. The minimum absolute atomic E-state index is 0.0179. The molecule has 2 unspecified atom stereocenters. The van der Waals surface area contributed by atoms with E-state index >= 15 is 0 Å². The molecule has 1 aromatic heterocycles. The zero-order chi connectivity index (χ0) is 14.9. The number of sulfonamides is 1. The molecule has 0 aliphatic heterocycles. The molecule has 1 heterocycles. The van der Waals surface area contributed by atoms with E-state index < -0.39 is 14.9 Å². The molecule has 9 heteroatoms. The Hall–Kier alpha value is -1.19. The van der Waals surface area contributed by atoms with Crippen LogP contribution in [0.15, 0.2) is 10.3 Å². The first-order valence-corrected chi connectivity index (χ1v) is 8.67. The molecule has 7 nitrogen and oxygen atoms in total. The van der Waals surface area contributed by atoms with Crippen LogP contribution in [0.25, 0.3) is 0 Å². The molecule has 2 atom stereocenters. The summed E-state index contributed by atoms with van der Waals surface area (Å²) < 4.78 is 27.0. The predicted octanol–water partition coefficient (Wildman–Crippen LogP) is 2.16. The van der Waals surface area contributed by atoms with Crippen LogP contribution in [0.5, 0.6) is 0 Å². The Kier molecular flexibility index (Phi) is 4.31. The van der Waals surface area contributed by atoms with E-state index in [1.54, 1.807) is 0 Å². The van der Waals surface area contributed by atoms with Gasteiger partial charge in [0.05, 0.1) is 4.92 Å². The standard InChI is InChI=1S/C11H17N3O4S2/c1-3-4-7-5-8(7)13-20(17,18)10-6-9(14(15)16)11(12-2)19-10/h6-8,12-13H,3-5H2,1-2H3. The summed E-state index contributed by atoms with van der Waals surface area (Å²) in [7, 11) is -2.14. The number of hydrogen-bond acceptors (Lipinski definition) is 6. The van der Waals surface area contributed by atoms with Crippen molar-refractivity contribution < 1.29 is 13.3 Å². The van der Waals surface area contributed by atoms with Crippen LogP contribution >= 0.6 is 11.3 Å². The number of nitro groups is 1. The van der Waals surface area contributed by atoms with Gasteiger partial charge >= 0.3 is 5.69 Å². The molecule has 112 valence electrons. The molecule has 0 bridgehead atoms. The van der Waals surface area contributed by atoms with Crippen LogP contribution in [0, 0.1) is 16.0 Å². The maximum Gasteiger partial charge on any atom is 0.304 e. The van der Waals surface area contributed by atoms with Crippen molar-refractivity contribution in [3.8, 4) is 0 Å². The fraction of sp³-hybridized carbons (Fsp3) is 0.636. The van der Waals surface area contributed by atoms with Crippen LogP contribution in [0.3, 0.4) is 0 Å². The van der Waals surface area contributed by atoms with Gasteiger partial charge in [-0.05, 0) is 18.8 Å². The maximum absolute atomic E-state index is 12.2. The van der Waals surface area contributed by atoms with Gasteiger partial charge in [0.15, 0.2) is 5.00 Å². The van der Waals surface area contributed by atoms with Gasteiger partial charge in [-0.3, -0.25) is 10.1 Å². The molecule has 0 amide bonds. The second-order valence-corrected chi connectivity index (χ2v) is 7.79. The van der Waals surface area contributed by atoms with Crippen molar-refractivity contribution in [2.45, 2.75) is 36.4 Å². The lowest BCUT2D eigenvalue weighted by Gasteiger charge is -2.03. The van der Waals surface area contributed by atoms with Gasteiger partial charge in [-0.15, -0.1) is 0 Å². The van der Waals surface area contributed by atoms with E-state index in [9.17, 15) is 18.5 Å². The van der Waals surface area contributed by atoms with Crippen LogP contribution in [0.4, 0.5) is 10.7 Å². The van der Waals surface area contributed by atoms with Crippen molar-refractivity contribution in [3.63, 3.8) is 0 Å². The number of anilines is 1. The third kappa shape index (κ3) is 3.10. The molecule has 1 aromatic rings. The molecular formula is C11H17N3O4S2. The average Bonchev–Trinajstić information content (AvgIpc) is 2.94. The monoisotopic (exact) mass is 319 g/mol. The predicted molar refractivity (Wildman–Crippen MR) is 77.6 cm³/mol. The highest BCUT2D eigenvalue weighted by Crippen LogP contribution is 2.39. The minimum atomic E-state index is -3.67. The quantitative estimate of drug-likeness (QED) is 0.592. The number of hydrogen-bond donors (Lipinski definition) is 2. The van der Waals surface area contributed by atoms with E-state index in [-0.39, 0.29) is 20.9 Å². The van der Waals surface area contributed by atoms with Crippen LogP contribution in [0.2, 0.25) is 0 Å². The smallest absolute Gasteiger partial charge is 0.304 e. The van der Waals surface area contributed by atoms with Gasteiger partial charge in [-0.25, -0.2) is 13.1 Å². The highest BCUT2D eigenvalue weighted by Gasteiger charge is 2.40. The van der Waals surface area contributed by atoms with Gasteiger partial charge in [0, 0.05) is 19.2 Å². The molecule has 2 rings (SSSR count). The lowest BCUT2D eigenvalue weighted by molar-refractivity contribution is -0.383. The first-order valence-electron chi connectivity index (χ1n) is 6.37. The van der Waals surface area contributed by atoms with Gasteiger partial charge in [-0.1, -0.05) is 24.7 Å². The van der Waals surface area contributed by atoms with Crippen molar-refractivity contribution in [1.82, 2.24) is 4.72 Å². The molecule has 0 radical (unpaired) electrons. The number of nitrogens with zero attached hydrogens (tertiary/aromatic N) is 1. The van der Waals surface area contributed by atoms with Crippen LogP contribution in [-0.4, -0.2) is 26.4 Å². The fourth-order valence-corrected chi connectivity index (χ4v) is 4.76. The summed E-state index contributed by atoms with van der Waals surface area (Å²) in [4.78, 5) is 10.3. The zero-order valence-corrected chi connectivity index (χ0v) is 12.9. The Bertz CT molecular complexity index is 611. The topological polar surface area (TPSA) is 101 Å². The van der Waals surface area contributed by atoms with Gasteiger partial charge < -0.3 is 5.32 Å². The number of rotatable bonds is 7. The Morgan fingerprint density at radius 3 is 2.75 bits per heavy atom. The van der Waals surface area contributed by atoms with Gasteiger partial charge in [0.2, 0.25) is 0 Å². The molecular weight excluding hydrogens is 302 g/mol. The lowest BCUT2D eigenvalue weighted by Crippen LogP contribution is -2.26. The second kappa shape index (κ2) is 5.66. The molecule has 1 aliphatic rings. The van der Waals surface area contributed by atoms with E-state index in [1.807, 2.05) is 0 Å². The molecule has 1 saturated carbocycles. The largest absolute Gasteiger partial charge is 0.374 e. The van der Waals surface area contributed by atoms with E-state index in [0.29, 0.717) is 5.92 Å². The van der Waals surface area contributed by atoms with Crippen LogP contribution in [-0.2, 0) is 10.0 Å². The highest BCUT2D eigenvalue weighted by atomic mass is 32.2. The van der Waals surface area contributed by atoms with E-state index in [0.717, 1.165) is 36.7 Å². The van der Waals surface area contributed by atoms with Crippen molar-refractivity contribution in [1.29, 1.82) is 0 Å². The molecule has 0 aromatic carbocycles. The lowest BCUT2D eigenvalue weighted by atomic mass is 10.2. The summed E-state index contributed by atoms with van der Waals surface area (Å²) in [6.45, 7) is 2.06. The molecule has 0 spiro atoms. The Morgan fingerprint density at radius 1 is 1.55 bits per heavy atom. The number of thiophene rings is 1. The molecule has 0 saturated heterocycles. The summed E-state index contributed by atoms with van der Waals surface area (Å²) in [6, 6.07) is 1.08. The average molecular weight is 319 g/mol. The van der Waals surface area contributed by atoms with Gasteiger partial charge in [0.1, 0.15) is 4.21 Å². The van der Waals surface area contributed by atoms with Gasteiger partial charge in [0.25, 0.3) is 10.0 Å². The minimum Gasteiger partial charge on any atom is -0.374 e. The normalized spacial score (nSPS) is 21.7. The third-order valence-electron chi connectivity index (χ3n) is 3.27. The first kappa shape index (κ1) is 15.2. The van der Waals surface area contributed by atoms with Crippen LogP contribution in [0.1, 0.15) is 26.2 Å². The van der Waals surface area contributed by atoms with Crippen molar-refractivity contribution >= 4 is 32.0 Å². The van der Waals surface area contributed by atoms with E-state index in [1.165, 1.54) is 7.05 Å². The summed E-state index contributed by atoms with van der Waals surface area (Å²) in [5.74, 6) is 0.397. The Balaban J connectivity index is 2.16. The molecule has 1 aliphatic carbocycles. The summed E-state index contributed by atoms with van der Waals surface area (Å²) in [6.07, 6.45) is 2.87.